The highest BCUT2D eigenvalue weighted by Crippen LogP contribution is 2.35. The molecule has 7 heteroatoms. The van der Waals surface area contributed by atoms with Crippen molar-refractivity contribution in [2.75, 3.05) is 7.11 Å². The predicted molar refractivity (Wildman–Crippen MR) is 74.2 cm³/mol. The molecule has 2 aromatic rings. The Kier molecular flexibility index (Phi) is 3.04. The Bertz CT molecular complexity index is 771. The van der Waals surface area contributed by atoms with Gasteiger partial charge in [-0.1, -0.05) is 0 Å². The summed E-state index contributed by atoms with van der Waals surface area (Å²) in [6.45, 7) is 0. The van der Waals surface area contributed by atoms with Crippen molar-refractivity contribution in [3.05, 3.63) is 34.4 Å². The molecule has 1 N–H and O–H groups in total. The van der Waals surface area contributed by atoms with Crippen LogP contribution >= 0.6 is 0 Å². The van der Waals surface area contributed by atoms with Crippen LogP contribution in [0.4, 0.5) is 0 Å². The van der Waals surface area contributed by atoms with Gasteiger partial charge in [0.25, 0.3) is 5.56 Å². The number of aromatic hydroxyl groups is 1. The molecule has 0 aliphatic heterocycles. The zero-order valence-electron chi connectivity index (χ0n) is 11.7. The quantitative estimate of drug-likeness (QED) is 0.854. The summed E-state index contributed by atoms with van der Waals surface area (Å²) in [6.07, 6.45) is 4.74. The second-order valence-electron chi connectivity index (χ2n) is 5.08. The summed E-state index contributed by atoms with van der Waals surface area (Å²) >= 11 is 0. The molecule has 110 valence electrons. The Morgan fingerprint density at radius 1 is 1.43 bits per heavy atom. The molecular weight excluding hydrogens is 274 g/mol. The van der Waals surface area contributed by atoms with Gasteiger partial charge < -0.3 is 14.4 Å². The normalized spacial score (nSPS) is 14.2. The molecular formula is C14H15N3O4. The van der Waals surface area contributed by atoms with E-state index in [0.29, 0.717) is 5.56 Å². The molecule has 1 fully saturated rings. The molecule has 1 aliphatic carbocycles. The molecule has 2 heterocycles. The second kappa shape index (κ2) is 4.76. The van der Waals surface area contributed by atoms with E-state index in [9.17, 15) is 14.7 Å². The minimum absolute atomic E-state index is 0.111. The van der Waals surface area contributed by atoms with Crippen LogP contribution in [0, 0.1) is 0 Å². The van der Waals surface area contributed by atoms with E-state index in [1.54, 1.807) is 7.05 Å². The lowest BCUT2D eigenvalue weighted by atomic mass is 10.1. The fourth-order valence-electron chi connectivity index (χ4n) is 2.27. The molecule has 0 atom stereocenters. The molecule has 3 rings (SSSR count). The molecule has 21 heavy (non-hydrogen) atoms. The molecule has 0 spiro atoms. The van der Waals surface area contributed by atoms with E-state index in [2.05, 4.69) is 5.10 Å². The summed E-state index contributed by atoms with van der Waals surface area (Å²) in [5, 5.41) is 13.9. The molecule has 1 saturated carbocycles. The third-order valence-corrected chi connectivity index (χ3v) is 3.60. The van der Waals surface area contributed by atoms with Crippen LogP contribution in [0.1, 0.15) is 29.2 Å². The number of carbonyl (C=O) groups is 1. The summed E-state index contributed by atoms with van der Waals surface area (Å²) < 4.78 is 7.52. The van der Waals surface area contributed by atoms with E-state index >= 15 is 0 Å². The van der Waals surface area contributed by atoms with Gasteiger partial charge in [-0.2, -0.15) is 5.10 Å². The standard InChI is InChI=1S/C14H15N3O4/c1-16-12(18)11(6-15-16)10-5-8(14(20)21-2)7-17(13(10)19)9-3-4-9/h5-7,9,18H,3-4H2,1-2H3. The summed E-state index contributed by atoms with van der Waals surface area (Å²) in [4.78, 5) is 24.3. The van der Waals surface area contributed by atoms with E-state index in [4.69, 9.17) is 4.74 Å². The Balaban J connectivity index is 2.23. The average Bonchev–Trinajstić information content (AvgIpc) is 3.27. The van der Waals surface area contributed by atoms with Crippen LogP contribution in [0.25, 0.3) is 11.1 Å². The van der Waals surface area contributed by atoms with Crippen molar-refractivity contribution >= 4 is 5.97 Å². The van der Waals surface area contributed by atoms with Crippen molar-refractivity contribution in [1.82, 2.24) is 14.3 Å². The number of ether oxygens (including phenoxy) is 1. The number of rotatable bonds is 3. The van der Waals surface area contributed by atoms with E-state index in [1.165, 1.54) is 34.8 Å². The number of carbonyl (C=O) groups excluding carboxylic acids is 1. The highest BCUT2D eigenvalue weighted by atomic mass is 16.5. The number of nitrogens with zero attached hydrogens (tertiary/aromatic N) is 3. The Hall–Kier alpha value is -2.57. The molecule has 0 bridgehead atoms. The number of hydrogen-bond donors (Lipinski definition) is 1. The molecule has 0 saturated heterocycles. The van der Waals surface area contributed by atoms with Crippen LogP contribution in [0.3, 0.4) is 0 Å². The lowest BCUT2D eigenvalue weighted by Crippen LogP contribution is -2.22. The maximum absolute atomic E-state index is 12.5. The number of aryl methyl sites for hydroxylation is 1. The number of hydrogen-bond acceptors (Lipinski definition) is 5. The number of aromatic nitrogens is 3. The first-order valence-electron chi connectivity index (χ1n) is 6.58. The molecule has 1 aliphatic rings. The monoisotopic (exact) mass is 289 g/mol. The lowest BCUT2D eigenvalue weighted by molar-refractivity contribution is 0.0599. The fraction of sp³-hybridized carbons (Fsp3) is 0.357. The van der Waals surface area contributed by atoms with Gasteiger partial charge in [0.2, 0.25) is 5.88 Å². The van der Waals surface area contributed by atoms with Gasteiger partial charge in [-0.3, -0.25) is 4.79 Å². The van der Waals surface area contributed by atoms with Gasteiger partial charge in [0.1, 0.15) is 0 Å². The van der Waals surface area contributed by atoms with Crippen LogP contribution in [0.5, 0.6) is 5.88 Å². The minimum Gasteiger partial charge on any atom is -0.493 e. The van der Waals surface area contributed by atoms with Crippen molar-refractivity contribution < 1.29 is 14.6 Å². The molecule has 2 aromatic heterocycles. The first-order chi connectivity index (χ1) is 10.0. The smallest absolute Gasteiger partial charge is 0.339 e. The molecule has 0 unspecified atom stereocenters. The van der Waals surface area contributed by atoms with Gasteiger partial charge in [0.15, 0.2) is 0 Å². The van der Waals surface area contributed by atoms with Gasteiger partial charge >= 0.3 is 5.97 Å². The molecule has 0 amide bonds. The summed E-state index contributed by atoms with van der Waals surface area (Å²) in [5.74, 6) is -0.634. The van der Waals surface area contributed by atoms with E-state index < -0.39 is 5.97 Å². The highest BCUT2D eigenvalue weighted by molar-refractivity contribution is 5.90. The Morgan fingerprint density at radius 2 is 2.14 bits per heavy atom. The molecule has 0 radical (unpaired) electrons. The number of esters is 1. The van der Waals surface area contributed by atoms with E-state index in [-0.39, 0.29) is 28.6 Å². The zero-order valence-corrected chi connectivity index (χ0v) is 11.7. The predicted octanol–water partition coefficient (Wildman–Crippen LogP) is 1.08. The van der Waals surface area contributed by atoms with E-state index in [0.717, 1.165) is 12.8 Å². The first-order valence-corrected chi connectivity index (χ1v) is 6.58. The molecule has 7 nitrogen and oxygen atoms in total. The third kappa shape index (κ3) is 2.20. The SMILES string of the molecule is COC(=O)c1cc(-c2cnn(C)c2O)c(=O)n(C2CC2)c1. The van der Waals surface area contributed by atoms with Crippen molar-refractivity contribution in [2.24, 2.45) is 7.05 Å². The van der Waals surface area contributed by atoms with Crippen molar-refractivity contribution in [3.63, 3.8) is 0 Å². The van der Waals surface area contributed by atoms with Crippen molar-refractivity contribution in [3.8, 4) is 17.0 Å². The van der Waals surface area contributed by atoms with Crippen LogP contribution in [0.2, 0.25) is 0 Å². The van der Waals surface area contributed by atoms with E-state index in [1.807, 2.05) is 0 Å². The summed E-state index contributed by atoms with van der Waals surface area (Å²) in [6, 6.07) is 1.55. The first kappa shape index (κ1) is 13.4. The Morgan fingerprint density at radius 3 is 2.67 bits per heavy atom. The maximum Gasteiger partial charge on any atom is 0.339 e. The minimum atomic E-state index is -0.519. The maximum atomic E-state index is 12.5. The molecule has 0 aromatic carbocycles. The van der Waals surface area contributed by atoms with Gasteiger partial charge in [-0.05, 0) is 18.9 Å². The van der Waals surface area contributed by atoms with Crippen LogP contribution in [-0.2, 0) is 11.8 Å². The zero-order chi connectivity index (χ0) is 15.1. The third-order valence-electron chi connectivity index (χ3n) is 3.60. The number of pyridine rings is 1. The Labute approximate surface area is 120 Å². The summed E-state index contributed by atoms with van der Waals surface area (Å²) in [5.41, 5.74) is 0.591. The summed E-state index contributed by atoms with van der Waals surface area (Å²) in [7, 11) is 2.86. The van der Waals surface area contributed by atoms with Gasteiger partial charge in [-0.25, -0.2) is 9.48 Å². The number of methoxy groups -OCH3 is 1. The second-order valence-corrected chi connectivity index (χ2v) is 5.08. The average molecular weight is 289 g/mol. The highest BCUT2D eigenvalue weighted by Gasteiger charge is 2.28. The lowest BCUT2D eigenvalue weighted by Gasteiger charge is -2.09. The van der Waals surface area contributed by atoms with Crippen LogP contribution in [0.15, 0.2) is 23.3 Å². The van der Waals surface area contributed by atoms with Crippen molar-refractivity contribution in [1.29, 1.82) is 0 Å². The van der Waals surface area contributed by atoms with Crippen molar-refractivity contribution in [2.45, 2.75) is 18.9 Å². The fourth-order valence-corrected chi connectivity index (χ4v) is 2.27. The topological polar surface area (TPSA) is 86.3 Å². The van der Waals surface area contributed by atoms with Gasteiger partial charge in [0.05, 0.1) is 30.0 Å². The van der Waals surface area contributed by atoms with Crippen LogP contribution < -0.4 is 5.56 Å². The van der Waals surface area contributed by atoms with Crippen LogP contribution in [-0.4, -0.2) is 32.5 Å². The largest absolute Gasteiger partial charge is 0.493 e. The van der Waals surface area contributed by atoms with Gasteiger partial charge in [0, 0.05) is 19.3 Å². The van der Waals surface area contributed by atoms with Gasteiger partial charge in [-0.15, -0.1) is 0 Å².